The molecule has 0 aliphatic carbocycles. The van der Waals surface area contributed by atoms with Crippen LogP contribution in [0.3, 0.4) is 0 Å². The third-order valence-corrected chi connectivity index (χ3v) is 3.29. The highest BCUT2D eigenvalue weighted by Crippen LogP contribution is 2.24. The van der Waals surface area contributed by atoms with Crippen LogP contribution >= 0.6 is 11.6 Å². The van der Waals surface area contributed by atoms with Crippen LogP contribution in [0.25, 0.3) is 0 Å². The van der Waals surface area contributed by atoms with Crippen LogP contribution in [0.4, 0.5) is 0 Å². The second-order valence-electron chi connectivity index (χ2n) is 4.10. The minimum Gasteiger partial charge on any atom is -0.314 e. The van der Waals surface area contributed by atoms with E-state index in [1.807, 2.05) is 0 Å². The quantitative estimate of drug-likeness (QED) is 0.684. The maximum atomic E-state index is 5.85. The zero-order chi connectivity index (χ0) is 12.0. The van der Waals surface area contributed by atoms with Crippen molar-refractivity contribution in [1.29, 1.82) is 0 Å². The molecular formula is C12H22ClN3. The van der Waals surface area contributed by atoms with E-state index in [1.165, 1.54) is 19.3 Å². The molecule has 0 radical (unpaired) electrons. The molecule has 0 aliphatic heterocycles. The van der Waals surface area contributed by atoms with Crippen LogP contribution in [0.2, 0.25) is 0 Å². The molecule has 0 fully saturated rings. The van der Waals surface area contributed by atoms with Crippen LogP contribution in [0.1, 0.15) is 64.0 Å². The molecule has 0 aromatic carbocycles. The van der Waals surface area contributed by atoms with Gasteiger partial charge in [-0.2, -0.15) is 0 Å². The van der Waals surface area contributed by atoms with Crippen LogP contribution in [0.15, 0.2) is 0 Å². The fourth-order valence-electron chi connectivity index (χ4n) is 2.06. The molecule has 0 saturated heterocycles. The van der Waals surface area contributed by atoms with E-state index in [9.17, 15) is 0 Å². The lowest BCUT2D eigenvalue weighted by molar-refractivity contribution is 0.512. The SMILES string of the molecule is CCCCC(CC)c1nnc(CCl)n1CC. The first kappa shape index (κ1) is 13.5. The van der Waals surface area contributed by atoms with E-state index in [0.29, 0.717) is 11.8 Å². The zero-order valence-electron chi connectivity index (χ0n) is 10.5. The summed E-state index contributed by atoms with van der Waals surface area (Å²) in [5.41, 5.74) is 0. The van der Waals surface area contributed by atoms with Crippen molar-refractivity contribution in [3.63, 3.8) is 0 Å². The molecule has 0 bridgehead atoms. The fraction of sp³-hybridized carbons (Fsp3) is 0.833. The van der Waals surface area contributed by atoms with Crippen LogP contribution < -0.4 is 0 Å². The van der Waals surface area contributed by atoms with Crippen molar-refractivity contribution in [2.45, 2.75) is 64.8 Å². The maximum Gasteiger partial charge on any atom is 0.147 e. The van der Waals surface area contributed by atoms with E-state index in [-0.39, 0.29) is 0 Å². The Bertz CT molecular complexity index is 309. The van der Waals surface area contributed by atoms with Gasteiger partial charge in [0.2, 0.25) is 0 Å². The Balaban J connectivity index is 2.86. The maximum absolute atomic E-state index is 5.85. The first-order valence-corrected chi connectivity index (χ1v) is 6.79. The Morgan fingerprint density at radius 1 is 1.25 bits per heavy atom. The van der Waals surface area contributed by atoms with Gasteiger partial charge < -0.3 is 4.57 Å². The average Bonchev–Trinajstić information content (AvgIpc) is 2.73. The summed E-state index contributed by atoms with van der Waals surface area (Å²) in [5.74, 6) is 3.00. The molecule has 0 amide bonds. The summed E-state index contributed by atoms with van der Waals surface area (Å²) in [6.07, 6.45) is 4.82. The van der Waals surface area contributed by atoms with Gasteiger partial charge >= 0.3 is 0 Å². The van der Waals surface area contributed by atoms with E-state index >= 15 is 0 Å². The Labute approximate surface area is 103 Å². The number of hydrogen-bond donors (Lipinski definition) is 0. The average molecular weight is 244 g/mol. The Kier molecular flexibility index (Phi) is 5.81. The van der Waals surface area contributed by atoms with Gasteiger partial charge in [0.15, 0.2) is 0 Å². The van der Waals surface area contributed by atoms with Gasteiger partial charge in [0.25, 0.3) is 0 Å². The molecule has 16 heavy (non-hydrogen) atoms. The zero-order valence-corrected chi connectivity index (χ0v) is 11.3. The van der Waals surface area contributed by atoms with Gasteiger partial charge in [-0.05, 0) is 19.8 Å². The lowest BCUT2D eigenvalue weighted by Crippen LogP contribution is -2.10. The minimum atomic E-state index is 0.449. The summed E-state index contributed by atoms with van der Waals surface area (Å²) < 4.78 is 2.16. The van der Waals surface area contributed by atoms with Crippen LogP contribution in [0.5, 0.6) is 0 Å². The van der Waals surface area contributed by atoms with Gasteiger partial charge in [0, 0.05) is 12.5 Å². The van der Waals surface area contributed by atoms with Crippen molar-refractivity contribution >= 4 is 11.6 Å². The second kappa shape index (κ2) is 6.89. The van der Waals surface area contributed by atoms with Crippen molar-refractivity contribution < 1.29 is 0 Å². The molecule has 0 N–H and O–H groups in total. The Morgan fingerprint density at radius 2 is 2.00 bits per heavy atom. The molecule has 92 valence electrons. The summed E-state index contributed by atoms with van der Waals surface area (Å²) in [7, 11) is 0. The Morgan fingerprint density at radius 3 is 2.50 bits per heavy atom. The van der Waals surface area contributed by atoms with Crippen LogP contribution in [-0.4, -0.2) is 14.8 Å². The largest absolute Gasteiger partial charge is 0.314 e. The molecular weight excluding hydrogens is 222 g/mol. The van der Waals surface area contributed by atoms with Crippen molar-refractivity contribution in [2.24, 2.45) is 0 Å². The van der Waals surface area contributed by atoms with Crippen molar-refractivity contribution in [2.75, 3.05) is 0 Å². The third kappa shape index (κ3) is 2.97. The van der Waals surface area contributed by atoms with Crippen LogP contribution in [0, 0.1) is 0 Å². The summed E-state index contributed by atoms with van der Waals surface area (Å²) in [5, 5.41) is 8.47. The van der Waals surface area contributed by atoms with E-state index in [2.05, 4.69) is 35.5 Å². The fourth-order valence-corrected chi connectivity index (χ4v) is 2.26. The van der Waals surface area contributed by atoms with Crippen molar-refractivity contribution in [1.82, 2.24) is 14.8 Å². The highest BCUT2D eigenvalue weighted by atomic mass is 35.5. The second-order valence-corrected chi connectivity index (χ2v) is 4.37. The molecule has 1 heterocycles. The smallest absolute Gasteiger partial charge is 0.147 e. The molecule has 4 heteroatoms. The number of aromatic nitrogens is 3. The third-order valence-electron chi connectivity index (χ3n) is 3.06. The molecule has 1 rings (SSSR count). The monoisotopic (exact) mass is 243 g/mol. The van der Waals surface area contributed by atoms with Gasteiger partial charge in [-0.1, -0.05) is 26.7 Å². The van der Waals surface area contributed by atoms with Crippen molar-refractivity contribution in [3.8, 4) is 0 Å². The molecule has 1 unspecified atom stereocenters. The molecule has 0 aliphatic rings. The highest BCUT2D eigenvalue weighted by molar-refractivity contribution is 6.16. The summed E-state index contributed by atoms with van der Waals surface area (Å²) >= 11 is 5.85. The molecule has 1 atom stereocenters. The summed E-state index contributed by atoms with van der Waals surface area (Å²) in [6, 6.07) is 0. The molecule has 0 saturated carbocycles. The van der Waals surface area contributed by atoms with Gasteiger partial charge in [-0.15, -0.1) is 21.8 Å². The number of unbranched alkanes of at least 4 members (excludes halogenated alkanes) is 1. The number of hydrogen-bond acceptors (Lipinski definition) is 2. The summed E-state index contributed by atoms with van der Waals surface area (Å²) in [6.45, 7) is 7.47. The first-order valence-electron chi connectivity index (χ1n) is 6.26. The predicted octanol–water partition coefficient (Wildman–Crippen LogP) is 3.72. The van der Waals surface area contributed by atoms with Crippen LogP contribution in [-0.2, 0) is 12.4 Å². The van der Waals surface area contributed by atoms with Gasteiger partial charge in [-0.25, -0.2) is 0 Å². The minimum absolute atomic E-state index is 0.449. The number of rotatable bonds is 7. The van der Waals surface area contributed by atoms with Gasteiger partial charge in [0.1, 0.15) is 11.6 Å². The standard InChI is InChI=1S/C12H22ClN3/c1-4-7-8-10(5-2)12-15-14-11(9-13)16(12)6-3/h10H,4-9H2,1-3H3. The van der Waals surface area contributed by atoms with E-state index in [4.69, 9.17) is 11.6 Å². The summed E-state index contributed by atoms with van der Waals surface area (Å²) in [4.78, 5) is 0. The first-order chi connectivity index (χ1) is 7.78. The lowest BCUT2D eigenvalue weighted by Gasteiger charge is -2.15. The number of nitrogens with zero attached hydrogens (tertiary/aromatic N) is 3. The molecule has 1 aromatic heterocycles. The highest BCUT2D eigenvalue weighted by Gasteiger charge is 2.18. The topological polar surface area (TPSA) is 30.7 Å². The number of halogens is 1. The molecule has 3 nitrogen and oxygen atoms in total. The lowest BCUT2D eigenvalue weighted by atomic mass is 9.98. The van der Waals surface area contributed by atoms with E-state index in [1.54, 1.807) is 0 Å². The molecule has 1 aromatic rings. The van der Waals surface area contributed by atoms with Gasteiger partial charge in [0.05, 0.1) is 5.88 Å². The van der Waals surface area contributed by atoms with E-state index in [0.717, 1.165) is 24.6 Å². The Hall–Kier alpha value is -0.570. The van der Waals surface area contributed by atoms with Crippen molar-refractivity contribution in [3.05, 3.63) is 11.6 Å². The predicted molar refractivity (Wildman–Crippen MR) is 67.8 cm³/mol. The molecule has 0 spiro atoms. The van der Waals surface area contributed by atoms with Gasteiger partial charge in [-0.3, -0.25) is 0 Å². The number of alkyl halides is 1. The van der Waals surface area contributed by atoms with E-state index < -0.39 is 0 Å². The normalized spacial score (nSPS) is 13.0.